The molecule has 4 rings (SSSR count). The van der Waals surface area contributed by atoms with Gasteiger partial charge in [0.25, 0.3) is 5.91 Å². The molecule has 160 valence electrons. The predicted molar refractivity (Wildman–Crippen MR) is 120 cm³/mol. The SMILES string of the molecule is C=CCN(C(=O)c1cc(Cl)c2c(c1)OCO2)c1nc(-c2ccc(S(C)(=O)=O)cc2)cs1. The second kappa shape index (κ2) is 8.33. The second-order valence-corrected chi connectivity index (χ2v) is 9.97. The quantitative estimate of drug-likeness (QED) is 0.489. The molecule has 3 aromatic rings. The van der Waals surface area contributed by atoms with Crippen molar-refractivity contribution in [3.05, 3.63) is 65.0 Å². The third kappa shape index (κ3) is 4.30. The first-order valence-corrected chi connectivity index (χ1v) is 12.2. The van der Waals surface area contributed by atoms with Crippen LogP contribution in [0.25, 0.3) is 11.3 Å². The molecule has 2 heterocycles. The lowest BCUT2D eigenvalue weighted by molar-refractivity contribution is 0.0989. The van der Waals surface area contributed by atoms with Crippen molar-refractivity contribution < 1.29 is 22.7 Å². The number of rotatable bonds is 6. The number of carbonyl (C=O) groups is 1. The van der Waals surface area contributed by atoms with E-state index in [0.29, 0.717) is 32.9 Å². The van der Waals surface area contributed by atoms with Gasteiger partial charge in [0.05, 0.1) is 15.6 Å². The van der Waals surface area contributed by atoms with Gasteiger partial charge in [0.2, 0.25) is 6.79 Å². The van der Waals surface area contributed by atoms with E-state index in [4.69, 9.17) is 21.1 Å². The minimum atomic E-state index is -3.28. The van der Waals surface area contributed by atoms with Gasteiger partial charge in [-0.05, 0) is 24.3 Å². The molecule has 1 aromatic heterocycles. The van der Waals surface area contributed by atoms with E-state index >= 15 is 0 Å². The number of hydrogen-bond donors (Lipinski definition) is 0. The summed E-state index contributed by atoms with van der Waals surface area (Å²) in [5.41, 5.74) is 1.71. The molecular weight excluding hydrogens is 460 g/mol. The van der Waals surface area contributed by atoms with Crippen LogP contribution in [0.15, 0.2) is 59.3 Å². The maximum Gasteiger partial charge on any atom is 0.260 e. The highest BCUT2D eigenvalue weighted by atomic mass is 35.5. The van der Waals surface area contributed by atoms with Crippen molar-refractivity contribution in [1.82, 2.24) is 4.98 Å². The summed E-state index contributed by atoms with van der Waals surface area (Å²) in [5, 5.41) is 2.57. The Morgan fingerprint density at radius 2 is 2.03 bits per heavy atom. The third-order valence-corrected chi connectivity index (χ3v) is 6.81. The first kappa shape index (κ1) is 21.4. The number of aromatic nitrogens is 1. The summed E-state index contributed by atoms with van der Waals surface area (Å²) in [6, 6.07) is 9.56. The fraction of sp³-hybridized carbons (Fsp3) is 0.143. The molecule has 1 aliphatic heterocycles. The van der Waals surface area contributed by atoms with Gasteiger partial charge in [-0.1, -0.05) is 29.8 Å². The van der Waals surface area contributed by atoms with E-state index in [0.717, 1.165) is 11.8 Å². The smallest absolute Gasteiger partial charge is 0.260 e. The van der Waals surface area contributed by atoms with Crippen LogP contribution in [0.1, 0.15) is 10.4 Å². The number of benzene rings is 2. The Labute approximate surface area is 188 Å². The summed E-state index contributed by atoms with van der Waals surface area (Å²) < 4.78 is 34.0. The van der Waals surface area contributed by atoms with E-state index in [2.05, 4.69) is 11.6 Å². The highest BCUT2D eigenvalue weighted by molar-refractivity contribution is 7.90. The predicted octanol–water partition coefficient (Wildman–Crippen LogP) is 4.43. The van der Waals surface area contributed by atoms with Crippen molar-refractivity contribution in [3.63, 3.8) is 0 Å². The molecule has 0 N–H and O–H groups in total. The van der Waals surface area contributed by atoms with Crippen molar-refractivity contribution in [2.24, 2.45) is 0 Å². The number of nitrogens with zero attached hydrogens (tertiary/aromatic N) is 2. The number of hydrogen-bond acceptors (Lipinski definition) is 7. The van der Waals surface area contributed by atoms with E-state index in [-0.39, 0.29) is 24.1 Å². The number of sulfone groups is 1. The molecule has 0 atom stereocenters. The molecule has 0 saturated heterocycles. The molecule has 1 aliphatic rings. The average Bonchev–Trinajstić information content (AvgIpc) is 3.41. The minimum absolute atomic E-state index is 0.0526. The fourth-order valence-corrected chi connectivity index (χ4v) is 4.75. The molecule has 7 nitrogen and oxygen atoms in total. The van der Waals surface area contributed by atoms with Crippen LogP contribution in [0.5, 0.6) is 11.5 Å². The monoisotopic (exact) mass is 476 g/mol. The van der Waals surface area contributed by atoms with Crippen molar-refractivity contribution in [1.29, 1.82) is 0 Å². The number of amides is 1. The Bertz CT molecular complexity index is 1270. The molecule has 0 fully saturated rings. The summed E-state index contributed by atoms with van der Waals surface area (Å²) in [6.45, 7) is 4.02. The highest BCUT2D eigenvalue weighted by Crippen LogP contribution is 2.40. The zero-order chi connectivity index (χ0) is 22.2. The van der Waals surface area contributed by atoms with Crippen LogP contribution >= 0.6 is 22.9 Å². The Kier molecular flexibility index (Phi) is 5.74. The molecular formula is C21H17ClN2O5S2. The topological polar surface area (TPSA) is 85.8 Å². The maximum absolute atomic E-state index is 13.2. The fourth-order valence-electron chi connectivity index (χ4n) is 3.02. The Morgan fingerprint density at radius 3 is 2.71 bits per heavy atom. The number of fused-ring (bicyclic) bond motifs is 1. The summed E-state index contributed by atoms with van der Waals surface area (Å²) >= 11 is 7.52. The summed E-state index contributed by atoms with van der Waals surface area (Å²) in [4.78, 5) is 19.5. The van der Waals surface area contributed by atoms with Gasteiger partial charge in [0.1, 0.15) is 0 Å². The molecule has 0 saturated carbocycles. The van der Waals surface area contributed by atoms with Crippen LogP contribution in [0, 0.1) is 0 Å². The first-order chi connectivity index (χ1) is 14.8. The molecule has 10 heteroatoms. The molecule has 0 spiro atoms. The van der Waals surface area contributed by atoms with Gasteiger partial charge in [-0.2, -0.15) is 0 Å². The lowest BCUT2D eigenvalue weighted by Gasteiger charge is -2.18. The zero-order valence-corrected chi connectivity index (χ0v) is 18.8. The van der Waals surface area contributed by atoms with Crippen LogP contribution in [-0.4, -0.2) is 38.9 Å². The first-order valence-electron chi connectivity index (χ1n) is 9.06. The van der Waals surface area contributed by atoms with Crippen LogP contribution in [-0.2, 0) is 9.84 Å². The third-order valence-electron chi connectivity index (χ3n) is 4.53. The standard InChI is InChI=1S/C21H17ClN2O5S2/c1-3-8-24(20(25)14-9-16(22)19-18(10-14)28-12-29-19)21-23-17(11-30-21)13-4-6-15(7-5-13)31(2,26)27/h3-7,9-11H,1,8,12H2,2H3. The Balaban J connectivity index is 1.64. The molecule has 1 amide bonds. The Morgan fingerprint density at radius 1 is 1.29 bits per heavy atom. The van der Waals surface area contributed by atoms with Gasteiger partial charge in [-0.15, -0.1) is 17.9 Å². The summed E-state index contributed by atoms with van der Waals surface area (Å²) in [7, 11) is -3.28. The summed E-state index contributed by atoms with van der Waals surface area (Å²) in [6.07, 6.45) is 2.76. The van der Waals surface area contributed by atoms with Crippen molar-refractivity contribution >= 4 is 43.8 Å². The molecule has 2 aromatic carbocycles. The number of anilines is 1. The van der Waals surface area contributed by atoms with Gasteiger partial charge in [-0.3, -0.25) is 9.69 Å². The minimum Gasteiger partial charge on any atom is -0.454 e. The lowest BCUT2D eigenvalue weighted by atomic mass is 10.1. The van der Waals surface area contributed by atoms with Gasteiger partial charge in [-0.25, -0.2) is 13.4 Å². The van der Waals surface area contributed by atoms with Gasteiger partial charge >= 0.3 is 0 Å². The normalized spacial score (nSPS) is 12.6. The number of thiazole rings is 1. The van der Waals surface area contributed by atoms with E-state index in [1.54, 1.807) is 29.7 Å². The van der Waals surface area contributed by atoms with E-state index in [1.165, 1.54) is 34.4 Å². The van der Waals surface area contributed by atoms with Crippen LogP contribution < -0.4 is 14.4 Å². The Hall–Kier alpha value is -2.88. The van der Waals surface area contributed by atoms with E-state index < -0.39 is 9.84 Å². The molecule has 0 bridgehead atoms. The second-order valence-electron chi connectivity index (χ2n) is 6.71. The van der Waals surface area contributed by atoms with Gasteiger partial charge < -0.3 is 9.47 Å². The average molecular weight is 477 g/mol. The largest absolute Gasteiger partial charge is 0.454 e. The maximum atomic E-state index is 13.2. The lowest BCUT2D eigenvalue weighted by Crippen LogP contribution is -2.31. The summed E-state index contributed by atoms with van der Waals surface area (Å²) in [5.74, 6) is 0.524. The highest BCUT2D eigenvalue weighted by Gasteiger charge is 2.25. The molecule has 0 unspecified atom stereocenters. The number of carbonyl (C=O) groups excluding carboxylic acids is 1. The van der Waals surface area contributed by atoms with E-state index in [9.17, 15) is 13.2 Å². The van der Waals surface area contributed by atoms with Crippen LogP contribution in [0.3, 0.4) is 0 Å². The van der Waals surface area contributed by atoms with Gasteiger partial charge in [0, 0.05) is 29.3 Å². The molecule has 0 aliphatic carbocycles. The molecule has 0 radical (unpaired) electrons. The van der Waals surface area contributed by atoms with Crippen LogP contribution in [0.4, 0.5) is 5.13 Å². The van der Waals surface area contributed by atoms with E-state index in [1.807, 2.05) is 0 Å². The number of ether oxygens (including phenoxy) is 2. The van der Waals surface area contributed by atoms with Crippen molar-refractivity contribution in [2.45, 2.75) is 4.90 Å². The van der Waals surface area contributed by atoms with Crippen molar-refractivity contribution in [3.8, 4) is 22.8 Å². The van der Waals surface area contributed by atoms with Gasteiger partial charge in [0.15, 0.2) is 26.5 Å². The van der Waals surface area contributed by atoms with Crippen LogP contribution in [0.2, 0.25) is 5.02 Å². The van der Waals surface area contributed by atoms with Crippen molar-refractivity contribution in [2.75, 3.05) is 24.5 Å². The molecule has 31 heavy (non-hydrogen) atoms. The zero-order valence-electron chi connectivity index (χ0n) is 16.4. The number of halogens is 1.